The lowest BCUT2D eigenvalue weighted by molar-refractivity contribution is -0.156. The third kappa shape index (κ3) is 6.64. The van der Waals surface area contributed by atoms with Crippen molar-refractivity contribution in [3.8, 4) is 5.75 Å². The number of rotatable bonds is 10. The molecular weight excluding hydrogens is 372 g/mol. The fourth-order valence-electron chi connectivity index (χ4n) is 2.81. The minimum absolute atomic E-state index is 0.164. The molecule has 0 saturated carbocycles. The van der Waals surface area contributed by atoms with Gasteiger partial charge in [0.1, 0.15) is 5.75 Å². The van der Waals surface area contributed by atoms with Gasteiger partial charge in [0.2, 0.25) is 0 Å². The van der Waals surface area contributed by atoms with Gasteiger partial charge in [-0.3, -0.25) is 9.59 Å². The molecule has 2 aromatic rings. The van der Waals surface area contributed by atoms with E-state index in [1.54, 1.807) is 12.1 Å². The van der Waals surface area contributed by atoms with E-state index in [2.05, 4.69) is 12.2 Å². The average Bonchev–Trinajstić information content (AvgIpc) is 2.73. The first-order chi connectivity index (χ1) is 13.9. The second-order valence-corrected chi connectivity index (χ2v) is 6.54. The third-order valence-corrected chi connectivity index (χ3v) is 4.46. The summed E-state index contributed by atoms with van der Waals surface area (Å²) in [4.78, 5) is 35.6. The quantitative estimate of drug-likeness (QED) is 0.598. The van der Waals surface area contributed by atoms with Crippen molar-refractivity contribution in [3.63, 3.8) is 0 Å². The molecule has 7 nitrogen and oxygen atoms in total. The number of nitrogens with two attached hydrogens (primary N) is 1. The fourth-order valence-corrected chi connectivity index (χ4v) is 2.81. The summed E-state index contributed by atoms with van der Waals surface area (Å²) in [5.74, 6) is -1.41. The number of hydrogen-bond donors (Lipinski definition) is 2. The van der Waals surface area contributed by atoms with Crippen LogP contribution in [0.2, 0.25) is 0 Å². The van der Waals surface area contributed by atoms with E-state index in [9.17, 15) is 14.4 Å². The molecule has 0 aliphatic carbocycles. The van der Waals surface area contributed by atoms with Gasteiger partial charge in [-0.05, 0) is 31.0 Å². The number of ether oxygens (including phenoxy) is 2. The van der Waals surface area contributed by atoms with Gasteiger partial charge in [0.05, 0.1) is 5.56 Å². The average molecular weight is 398 g/mol. The summed E-state index contributed by atoms with van der Waals surface area (Å²) in [5, 5.41) is 2.82. The predicted octanol–water partition coefficient (Wildman–Crippen LogP) is 2.41. The number of nitrogens with one attached hydrogen (secondary N) is 1. The van der Waals surface area contributed by atoms with Gasteiger partial charge in [0.25, 0.3) is 11.8 Å². The largest absolute Gasteiger partial charge is 0.481 e. The molecular formula is C22H26N2O5. The molecule has 29 heavy (non-hydrogen) atoms. The van der Waals surface area contributed by atoms with Gasteiger partial charge in [-0.2, -0.15) is 0 Å². The van der Waals surface area contributed by atoms with Gasteiger partial charge < -0.3 is 20.5 Å². The van der Waals surface area contributed by atoms with Gasteiger partial charge in [-0.1, -0.05) is 49.4 Å². The lowest BCUT2D eigenvalue weighted by Crippen LogP contribution is -2.38. The molecule has 0 aliphatic heterocycles. The zero-order chi connectivity index (χ0) is 21.2. The first-order valence-electron chi connectivity index (χ1n) is 9.46. The Hall–Kier alpha value is -3.35. The molecule has 0 heterocycles. The lowest BCUT2D eigenvalue weighted by atomic mass is 9.96. The predicted molar refractivity (Wildman–Crippen MR) is 108 cm³/mol. The normalized spacial score (nSPS) is 12.5. The highest BCUT2D eigenvalue weighted by molar-refractivity contribution is 5.95. The van der Waals surface area contributed by atoms with E-state index in [1.165, 1.54) is 19.1 Å². The van der Waals surface area contributed by atoms with Crippen LogP contribution in [-0.2, 0) is 14.3 Å². The highest BCUT2D eigenvalue weighted by atomic mass is 16.6. The van der Waals surface area contributed by atoms with E-state index in [4.69, 9.17) is 15.2 Å². The number of primary amides is 1. The van der Waals surface area contributed by atoms with Crippen LogP contribution in [0.5, 0.6) is 5.75 Å². The van der Waals surface area contributed by atoms with Crippen LogP contribution in [0.3, 0.4) is 0 Å². The molecule has 3 N–H and O–H groups in total. The van der Waals surface area contributed by atoms with E-state index >= 15 is 0 Å². The van der Waals surface area contributed by atoms with E-state index in [0.29, 0.717) is 6.54 Å². The van der Waals surface area contributed by atoms with Crippen molar-refractivity contribution in [2.75, 3.05) is 13.2 Å². The van der Waals surface area contributed by atoms with Crippen LogP contribution in [0, 0.1) is 0 Å². The Morgan fingerprint density at radius 3 is 2.34 bits per heavy atom. The van der Waals surface area contributed by atoms with Gasteiger partial charge in [0.15, 0.2) is 12.7 Å². The number of para-hydroxylation sites is 1. The summed E-state index contributed by atoms with van der Waals surface area (Å²) in [6.07, 6.45) is -0.100. The summed E-state index contributed by atoms with van der Waals surface area (Å²) in [6.45, 7) is 3.55. The molecule has 0 aliphatic rings. The Balaban J connectivity index is 1.81. The summed E-state index contributed by atoms with van der Waals surface area (Å²) >= 11 is 0. The van der Waals surface area contributed by atoms with E-state index in [0.717, 1.165) is 12.0 Å². The number of hydrogen-bond acceptors (Lipinski definition) is 5. The van der Waals surface area contributed by atoms with Crippen LogP contribution < -0.4 is 15.8 Å². The Labute approximate surface area is 170 Å². The Morgan fingerprint density at radius 2 is 1.69 bits per heavy atom. The zero-order valence-corrected chi connectivity index (χ0v) is 16.6. The van der Waals surface area contributed by atoms with Crippen LogP contribution >= 0.6 is 0 Å². The first kappa shape index (κ1) is 21.9. The molecule has 0 saturated heterocycles. The number of amides is 2. The van der Waals surface area contributed by atoms with Crippen LogP contribution in [0.25, 0.3) is 0 Å². The summed E-state index contributed by atoms with van der Waals surface area (Å²) in [6, 6.07) is 16.2. The molecule has 0 spiro atoms. The standard InChI is InChI=1S/C22H26N2O5/c1-3-16(17-9-5-4-6-10-17)13-24-22(27)15(2)29-20(25)14-28-19-12-8-7-11-18(19)21(23)26/h4-12,15-16H,3,13-14H2,1-2H3,(H2,23,26)(H,24,27)/t15-,16-/m0/s1. The first-order valence-corrected chi connectivity index (χ1v) is 9.46. The second kappa shape index (κ2) is 10.8. The monoisotopic (exact) mass is 398 g/mol. The number of esters is 1. The summed E-state index contributed by atoms with van der Waals surface area (Å²) < 4.78 is 10.4. The minimum atomic E-state index is -0.967. The van der Waals surface area contributed by atoms with Crippen LogP contribution in [-0.4, -0.2) is 37.0 Å². The van der Waals surface area contributed by atoms with E-state index < -0.39 is 24.6 Å². The number of carbonyl (C=O) groups excluding carboxylic acids is 3. The topological polar surface area (TPSA) is 108 Å². The molecule has 0 unspecified atom stereocenters. The highest BCUT2D eigenvalue weighted by Gasteiger charge is 2.20. The van der Waals surface area contributed by atoms with Gasteiger partial charge in [0, 0.05) is 12.5 Å². The number of benzene rings is 2. The number of carbonyl (C=O) groups is 3. The SMILES string of the molecule is CC[C@@H](CNC(=O)[C@H](C)OC(=O)COc1ccccc1C(N)=O)c1ccccc1. The van der Waals surface area contributed by atoms with Crippen molar-refractivity contribution >= 4 is 17.8 Å². The minimum Gasteiger partial charge on any atom is -0.481 e. The Morgan fingerprint density at radius 1 is 1.03 bits per heavy atom. The van der Waals surface area contributed by atoms with Crippen molar-refractivity contribution in [1.82, 2.24) is 5.32 Å². The maximum Gasteiger partial charge on any atom is 0.344 e. The maximum atomic E-state index is 12.3. The van der Waals surface area contributed by atoms with Crippen molar-refractivity contribution in [3.05, 3.63) is 65.7 Å². The molecule has 0 fully saturated rings. The zero-order valence-electron chi connectivity index (χ0n) is 16.6. The lowest BCUT2D eigenvalue weighted by Gasteiger charge is -2.18. The van der Waals surface area contributed by atoms with Crippen LogP contribution in [0.15, 0.2) is 54.6 Å². The summed E-state index contributed by atoms with van der Waals surface area (Å²) in [5.41, 5.74) is 6.57. The van der Waals surface area contributed by atoms with Crippen molar-refractivity contribution in [2.24, 2.45) is 5.73 Å². The van der Waals surface area contributed by atoms with Crippen molar-refractivity contribution in [1.29, 1.82) is 0 Å². The Bertz CT molecular complexity index is 838. The molecule has 0 radical (unpaired) electrons. The van der Waals surface area contributed by atoms with Gasteiger partial charge in [-0.15, -0.1) is 0 Å². The fraction of sp³-hybridized carbons (Fsp3) is 0.318. The van der Waals surface area contributed by atoms with E-state index in [-0.39, 0.29) is 23.1 Å². The summed E-state index contributed by atoms with van der Waals surface area (Å²) in [7, 11) is 0. The smallest absolute Gasteiger partial charge is 0.344 e. The van der Waals surface area contributed by atoms with E-state index in [1.807, 2.05) is 30.3 Å². The molecule has 0 bridgehead atoms. The van der Waals surface area contributed by atoms with Crippen molar-refractivity contribution < 1.29 is 23.9 Å². The molecule has 2 atom stereocenters. The molecule has 154 valence electrons. The van der Waals surface area contributed by atoms with Crippen LogP contribution in [0.1, 0.15) is 42.1 Å². The highest BCUT2D eigenvalue weighted by Crippen LogP contribution is 2.18. The van der Waals surface area contributed by atoms with Gasteiger partial charge in [-0.25, -0.2) is 4.79 Å². The molecule has 2 aromatic carbocycles. The second-order valence-electron chi connectivity index (χ2n) is 6.54. The molecule has 0 aromatic heterocycles. The Kier molecular flexibility index (Phi) is 8.21. The van der Waals surface area contributed by atoms with Gasteiger partial charge >= 0.3 is 5.97 Å². The third-order valence-electron chi connectivity index (χ3n) is 4.46. The maximum absolute atomic E-state index is 12.3. The molecule has 2 rings (SSSR count). The van der Waals surface area contributed by atoms with Crippen LogP contribution in [0.4, 0.5) is 0 Å². The molecule has 2 amide bonds. The van der Waals surface area contributed by atoms with Crippen molar-refractivity contribution in [2.45, 2.75) is 32.3 Å². The molecule has 7 heteroatoms.